The topological polar surface area (TPSA) is 98.9 Å². The van der Waals surface area contributed by atoms with E-state index in [1.165, 1.54) is 6.08 Å². The molecule has 0 saturated carbocycles. The van der Waals surface area contributed by atoms with Gasteiger partial charge in [-0.05, 0) is 31.6 Å². The summed E-state index contributed by atoms with van der Waals surface area (Å²) >= 11 is 6.28. The van der Waals surface area contributed by atoms with Crippen LogP contribution in [0.25, 0.3) is 22.8 Å². The zero-order valence-electron chi connectivity index (χ0n) is 17.1. The molecular weight excluding hydrogens is 426 g/mol. The number of nitrogens with zero attached hydrogens (tertiary/aromatic N) is 4. The average molecular weight is 450 g/mol. The first-order valence-corrected chi connectivity index (χ1v) is 11.7. The summed E-state index contributed by atoms with van der Waals surface area (Å²) in [5.74, 6) is -0.162. The number of aromatic nitrogens is 4. The first-order valence-electron chi connectivity index (χ1n) is 9.63. The van der Waals surface area contributed by atoms with Crippen LogP contribution in [0.4, 0.5) is 0 Å². The molecule has 0 spiro atoms. The lowest BCUT2D eigenvalue weighted by Crippen LogP contribution is -2.31. The van der Waals surface area contributed by atoms with E-state index < -0.39 is 15.9 Å². The molecule has 2 heterocycles. The van der Waals surface area contributed by atoms with Crippen LogP contribution in [0.5, 0.6) is 0 Å². The molecule has 0 atom stereocenters. The van der Waals surface area contributed by atoms with Crippen molar-refractivity contribution in [3.05, 3.63) is 46.8 Å². The van der Waals surface area contributed by atoms with Crippen LogP contribution in [0.2, 0.25) is 5.15 Å². The van der Waals surface area contributed by atoms with Crippen molar-refractivity contribution in [1.82, 2.24) is 24.3 Å². The third-order valence-corrected chi connectivity index (χ3v) is 6.27. The van der Waals surface area contributed by atoms with E-state index in [2.05, 4.69) is 14.9 Å². The summed E-state index contributed by atoms with van der Waals surface area (Å²) in [6.45, 7) is 3.79. The Morgan fingerprint density at radius 2 is 1.97 bits per heavy atom. The van der Waals surface area contributed by atoms with Crippen LogP contribution in [-0.4, -0.2) is 39.6 Å². The number of para-hydroxylation sites is 1. The maximum Gasteiger partial charge on any atom is 0.257 e. The van der Waals surface area contributed by atoms with Crippen molar-refractivity contribution in [2.45, 2.75) is 33.1 Å². The number of aryl methyl sites for hydroxylation is 2. The third kappa shape index (κ3) is 4.73. The number of unbranched alkanes of at least 4 members (excludes halogenated alkanes) is 2. The number of nitrogens with one attached hydrogen (secondary N) is 1. The van der Waals surface area contributed by atoms with Crippen LogP contribution < -0.4 is 4.72 Å². The second-order valence-corrected chi connectivity index (χ2v) is 9.19. The molecule has 1 amide bonds. The van der Waals surface area contributed by atoms with Gasteiger partial charge >= 0.3 is 0 Å². The van der Waals surface area contributed by atoms with Crippen molar-refractivity contribution in [3.63, 3.8) is 0 Å². The maximum absolute atomic E-state index is 12.2. The monoisotopic (exact) mass is 449 g/mol. The van der Waals surface area contributed by atoms with E-state index in [4.69, 9.17) is 11.6 Å². The Hall–Kier alpha value is -2.65. The van der Waals surface area contributed by atoms with E-state index in [1.807, 2.05) is 31.2 Å². The Bertz CT molecular complexity index is 1210. The van der Waals surface area contributed by atoms with E-state index in [0.717, 1.165) is 23.7 Å². The molecule has 0 aliphatic carbocycles. The molecule has 1 aromatic carbocycles. The van der Waals surface area contributed by atoms with Crippen LogP contribution in [-0.2, 0) is 21.9 Å². The molecule has 8 nitrogen and oxygen atoms in total. The summed E-state index contributed by atoms with van der Waals surface area (Å²) in [5, 5.41) is 9.98. The molecule has 0 saturated heterocycles. The van der Waals surface area contributed by atoms with Crippen LogP contribution in [0, 0.1) is 6.92 Å². The summed E-state index contributed by atoms with van der Waals surface area (Å²) in [6.07, 6.45) is 4.95. The standard InChI is InChI=1S/C20H24ClN5O3S/c1-4-5-8-13-30(28,29)24-18(27)12-11-15-14(2)22-25(3)20(15)26-17-10-7-6-9-16(17)19(21)23-26/h6-7,9-12H,4-5,8,13H2,1-3H3,(H,24,27). The van der Waals surface area contributed by atoms with Gasteiger partial charge in [0.15, 0.2) is 11.0 Å². The predicted octanol–water partition coefficient (Wildman–Crippen LogP) is 3.37. The summed E-state index contributed by atoms with van der Waals surface area (Å²) < 4.78 is 29.4. The number of hydrogen-bond donors (Lipinski definition) is 1. The lowest BCUT2D eigenvalue weighted by Gasteiger charge is -2.06. The molecule has 30 heavy (non-hydrogen) atoms. The fourth-order valence-corrected chi connectivity index (χ4v) is 4.53. The summed E-state index contributed by atoms with van der Waals surface area (Å²) in [5.41, 5.74) is 2.10. The Labute approximate surface area is 180 Å². The number of rotatable bonds is 8. The Morgan fingerprint density at radius 3 is 2.70 bits per heavy atom. The quantitative estimate of drug-likeness (QED) is 0.420. The van der Waals surface area contributed by atoms with Gasteiger partial charge in [0.25, 0.3) is 5.91 Å². The molecule has 3 rings (SSSR count). The molecule has 0 radical (unpaired) electrons. The first-order chi connectivity index (χ1) is 14.2. The van der Waals surface area contributed by atoms with E-state index >= 15 is 0 Å². The lowest BCUT2D eigenvalue weighted by atomic mass is 10.2. The van der Waals surface area contributed by atoms with Crippen LogP contribution in [0.3, 0.4) is 0 Å². The van der Waals surface area contributed by atoms with E-state index in [0.29, 0.717) is 28.6 Å². The maximum atomic E-state index is 12.2. The molecule has 2 aromatic heterocycles. The van der Waals surface area contributed by atoms with Crippen molar-refractivity contribution >= 4 is 44.5 Å². The number of halogens is 1. The smallest absolute Gasteiger partial charge is 0.257 e. The van der Waals surface area contributed by atoms with Crippen molar-refractivity contribution in [2.24, 2.45) is 7.05 Å². The second kappa shape index (κ2) is 9.01. The predicted molar refractivity (Wildman–Crippen MR) is 118 cm³/mol. The van der Waals surface area contributed by atoms with Gasteiger partial charge in [-0.15, -0.1) is 0 Å². The van der Waals surface area contributed by atoms with E-state index in [-0.39, 0.29) is 5.75 Å². The van der Waals surface area contributed by atoms with Crippen LogP contribution in [0.1, 0.15) is 37.4 Å². The minimum absolute atomic E-state index is 0.0740. The summed E-state index contributed by atoms with van der Waals surface area (Å²) in [4.78, 5) is 12.2. The molecule has 1 N–H and O–H groups in total. The van der Waals surface area contributed by atoms with E-state index in [9.17, 15) is 13.2 Å². The van der Waals surface area contributed by atoms with Gasteiger partial charge in [0.2, 0.25) is 10.0 Å². The van der Waals surface area contributed by atoms with Gasteiger partial charge in [-0.2, -0.15) is 10.2 Å². The van der Waals surface area contributed by atoms with Gasteiger partial charge < -0.3 is 0 Å². The van der Waals surface area contributed by atoms with Gasteiger partial charge in [0.05, 0.1) is 17.0 Å². The average Bonchev–Trinajstić information content (AvgIpc) is 3.15. The normalized spacial score (nSPS) is 12.1. The Balaban J connectivity index is 1.90. The number of fused-ring (bicyclic) bond motifs is 1. The largest absolute Gasteiger partial charge is 0.269 e. The second-order valence-electron chi connectivity index (χ2n) is 6.99. The van der Waals surface area contributed by atoms with Crippen LogP contribution in [0.15, 0.2) is 30.3 Å². The fourth-order valence-electron chi connectivity index (χ4n) is 3.24. The molecule has 160 valence electrons. The zero-order chi connectivity index (χ0) is 21.9. The van der Waals surface area contributed by atoms with Crippen molar-refractivity contribution < 1.29 is 13.2 Å². The highest BCUT2D eigenvalue weighted by Crippen LogP contribution is 2.28. The highest BCUT2D eigenvalue weighted by atomic mass is 35.5. The number of carbonyl (C=O) groups is 1. The van der Waals surface area contributed by atoms with Gasteiger partial charge in [0.1, 0.15) is 0 Å². The lowest BCUT2D eigenvalue weighted by molar-refractivity contribution is -0.114. The van der Waals surface area contributed by atoms with Crippen molar-refractivity contribution in [2.75, 3.05) is 5.75 Å². The van der Waals surface area contributed by atoms with Gasteiger partial charge in [-0.3, -0.25) is 9.48 Å². The number of sulfonamides is 1. The molecule has 0 unspecified atom stereocenters. The van der Waals surface area contributed by atoms with Crippen LogP contribution >= 0.6 is 11.6 Å². The van der Waals surface area contributed by atoms with Gasteiger partial charge in [0, 0.05) is 24.1 Å². The number of amides is 1. The van der Waals surface area contributed by atoms with Gasteiger partial charge in [-0.1, -0.05) is 43.5 Å². The molecule has 10 heteroatoms. The minimum Gasteiger partial charge on any atom is -0.269 e. The summed E-state index contributed by atoms with van der Waals surface area (Å²) in [7, 11) is -1.89. The van der Waals surface area contributed by atoms with Crippen molar-refractivity contribution in [1.29, 1.82) is 0 Å². The molecule has 0 aliphatic rings. The Morgan fingerprint density at radius 1 is 1.23 bits per heavy atom. The Kier molecular flexibility index (Phi) is 6.62. The highest BCUT2D eigenvalue weighted by Gasteiger charge is 2.19. The molecular formula is C20H24ClN5O3S. The highest BCUT2D eigenvalue weighted by molar-refractivity contribution is 7.90. The number of benzene rings is 1. The molecule has 0 fully saturated rings. The first kappa shape index (κ1) is 22.0. The minimum atomic E-state index is -3.66. The third-order valence-electron chi connectivity index (χ3n) is 4.65. The molecule has 0 aliphatic heterocycles. The molecule has 0 bridgehead atoms. The number of hydrogen-bond acceptors (Lipinski definition) is 5. The zero-order valence-corrected chi connectivity index (χ0v) is 18.7. The fraction of sp³-hybridized carbons (Fsp3) is 0.350. The van der Waals surface area contributed by atoms with E-state index in [1.54, 1.807) is 29.4 Å². The van der Waals surface area contributed by atoms with Crippen molar-refractivity contribution in [3.8, 4) is 5.82 Å². The van der Waals surface area contributed by atoms with Gasteiger partial charge in [-0.25, -0.2) is 17.8 Å². The SMILES string of the molecule is CCCCCS(=O)(=O)NC(=O)C=Cc1c(C)nn(C)c1-n1nc(Cl)c2ccccc21. The molecule has 3 aromatic rings. The number of carbonyl (C=O) groups excluding carboxylic acids is 1. The summed E-state index contributed by atoms with van der Waals surface area (Å²) in [6, 6.07) is 7.52.